The number of rotatable bonds is 3. The minimum atomic E-state index is -0.737. The Kier molecular flexibility index (Phi) is 3.59. The van der Waals surface area contributed by atoms with Crippen LogP contribution >= 0.6 is 0 Å². The Bertz CT molecular complexity index is 477. The molecule has 1 atom stereocenters. The molecule has 1 aromatic rings. The zero-order valence-corrected chi connectivity index (χ0v) is 11.6. The van der Waals surface area contributed by atoms with E-state index in [4.69, 9.17) is 0 Å². The highest BCUT2D eigenvalue weighted by Crippen LogP contribution is 2.31. The fraction of sp³-hybridized carbons (Fsp3) is 0.615. The highest BCUT2D eigenvalue weighted by atomic mass is 16.4. The van der Waals surface area contributed by atoms with Crippen LogP contribution in [0.5, 0.6) is 0 Å². The Labute approximate surface area is 113 Å². The Morgan fingerprint density at radius 1 is 1.53 bits per heavy atom. The van der Waals surface area contributed by atoms with Crippen molar-refractivity contribution in [1.29, 1.82) is 0 Å². The summed E-state index contributed by atoms with van der Waals surface area (Å²) in [4.78, 5) is 23.9. The van der Waals surface area contributed by atoms with Crippen molar-refractivity contribution in [2.24, 2.45) is 5.41 Å². The summed E-state index contributed by atoms with van der Waals surface area (Å²) in [6, 6.07) is 1.83. The van der Waals surface area contributed by atoms with Gasteiger partial charge >= 0.3 is 5.97 Å². The van der Waals surface area contributed by atoms with Gasteiger partial charge in [-0.25, -0.2) is 4.98 Å². The molecular weight excluding hydrogens is 244 g/mol. The lowest BCUT2D eigenvalue weighted by Crippen LogP contribution is -2.46. The van der Waals surface area contributed by atoms with Crippen molar-refractivity contribution < 1.29 is 9.90 Å². The van der Waals surface area contributed by atoms with E-state index in [1.807, 2.05) is 30.0 Å². The number of carboxylic acid groups (broad SMARTS) is 1. The van der Waals surface area contributed by atoms with Crippen molar-refractivity contribution in [3.63, 3.8) is 0 Å². The molecule has 2 heterocycles. The van der Waals surface area contributed by atoms with Gasteiger partial charge in [0.05, 0.1) is 5.41 Å². The normalized spacial score (nSPS) is 23.2. The van der Waals surface area contributed by atoms with Gasteiger partial charge in [0, 0.05) is 33.4 Å². The molecule has 1 aliphatic rings. The molecule has 1 aliphatic heterocycles. The van der Waals surface area contributed by atoms with Crippen LogP contribution in [0.4, 0.5) is 11.8 Å². The van der Waals surface area contributed by atoms with Crippen molar-refractivity contribution in [3.05, 3.63) is 12.3 Å². The van der Waals surface area contributed by atoms with Crippen LogP contribution < -0.4 is 9.80 Å². The van der Waals surface area contributed by atoms with Gasteiger partial charge in [0.2, 0.25) is 5.95 Å². The molecule has 6 heteroatoms. The predicted octanol–water partition coefficient (Wildman–Crippen LogP) is 1.23. The number of piperidine rings is 1. The summed E-state index contributed by atoms with van der Waals surface area (Å²) in [5, 5.41) is 9.34. The Hall–Kier alpha value is -1.85. The molecule has 1 aromatic heterocycles. The molecule has 0 aromatic carbocycles. The number of carbonyl (C=O) groups is 1. The minimum absolute atomic E-state index is 0.492. The summed E-state index contributed by atoms with van der Waals surface area (Å²) < 4.78 is 0. The molecule has 6 nitrogen and oxygen atoms in total. The van der Waals surface area contributed by atoms with E-state index in [1.54, 1.807) is 13.1 Å². The van der Waals surface area contributed by atoms with Gasteiger partial charge in [0.25, 0.3) is 0 Å². The number of nitrogens with zero attached hydrogens (tertiary/aromatic N) is 4. The number of hydrogen-bond acceptors (Lipinski definition) is 5. The van der Waals surface area contributed by atoms with E-state index >= 15 is 0 Å². The Balaban J connectivity index is 2.22. The fourth-order valence-corrected chi connectivity index (χ4v) is 2.34. The lowest BCUT2D eigenvalue weighted by atomic mass is 9.82. The number of anilines is 2. The second-order valence-electron chi connectivity index (χ2n) is 5.50. The molecule has 0 saturated carbocycles. The van der Waals surface area contributed by atoms with Gasteiger partial charge in [-0.15, -0.1) is 0 Å². The first-order valence-electron chi connectivity index (χ1n) is 6.41. The van der Waals surface area contributed by atoms with Gasteiger partial charge in [-0.05, 0) is 25.8 Å². The van der Waals surface area contributed by atoms with E-state index in [2.05, 4.69) is 9.97 Å². The molecule has 1 saturated heterocycles. The van der Waals surface area contributed by atoms with Crippen LogP contribution in [0, 0.1) is 5.41 Å². The molecule has 0 bridgehead atoms. The van der Waals surface area contributed by atoms with E-state index in [9.17, 15) is 9.90 Å². The average molecular weight is 264 g/mol. The largest absolute Gasteiger partial charge is 0.481 e. The third kappa shape index (κ3) is 2.77. The number of hydrogen-bond donors (Lipinski definition) is 1. The highest BCUT2D eigenvalue weighted by molar-refractivity contribution is 5.75. The molecule has 0 radical (unpaired) electrons. The lowest BCUT2D eigenvalue weighted by molar-refractivity contribution is -0.148. The molecule has 19 heavy (non-hydrogen) atoms. The first-order valence-corrected chi connectivity index (χ1v) is 6.41. The Morgan fingerprint density at radius 3 is 2.89 bits per heavy atom. The molecule has 2 rings (SSSR count). The maximum Gasteiger partial charge on any atom is 0.311 e. The van der Waals surface area contributed by atoms with Crippen LogP contribution in [0.25, 0.3) is 0 Å². The second kappa shape index (κ2) is 5.03. The predicted molar refractivity (Wildman–Crippen MR) is 73.5 cm³/mol. The summed E-state index contributed by atoms with van der Waals surface area (Å²) in [5.74, 6) is 0.699. The quantitative estimate of drug-likeness (QED) is 0.885. The molecule has 1 unspecified atom stereocenters. The maximum absolute atomic E-state index is 11.4. The third-order valence-corrected chi connectivity index (χ3v) is 3.56. The van der Waals surface area contributed by atoms with E-state index < -0.39 is 11.4 Å². The number of aliphatic carboxylic acids is 1. The van der Waals surface area contributed by atoms with Crippen molar-refractivity contribution in [2.75, 3.05) is 37.0 Å². The zero-order chi connectivity index (χ0) is 14.0. The van der Waals surface area contributed by atoms with Gasteiger partial charge in [0.1, 0.15) is 5.82 Å². The fourth-order valence-electron chi connectivity index (χ4n) is 2.34. The highest BCUT2D eigenvalue weighted by Gasteiger charge is 2.38. The van der Waals surface area contributed by atoms with E-state index in [0.29, 0.717) is 18.9 Å². The first-order chi connectivity index (χ1) is 8.92. The van der Waals surface area contributed by atoms with Crippen LogP contribution in [0.3, 0.4) is 0 Å². The standard InChI is InChI=1S/C13H20N4O2/c1-13(11(18)19)6-4-8-17(9-13)10-5-7-14-12(15-10)16(2)3/h5,7H,4,6,8-9H2,1-3H3,(H,18,19). The molecule has 0 aliphatic carbocycles. The van der Waals surface area contributed by atoms with Gasteiger partial charge in [-0.3, -0.25) is 4.79 Å². The van der Waals surface area contributed by atoms with E-state index in [0.717, 1.165) is 18.8 Å². The van der Waals surface area contributed by atoms with E-state index in [-0.39, 0.29) is 0 Å². The van der Waals surface area contributed by atoms with Crippen LogP contribution in [0.2, 0.25) is 0 Å². The number of aromatic nitrogens is 2. The second-order valence-corrected chi connectivity index (χ2v) is 5.50. The molecule has 1 N–H and O–H groups in total. The van der Waals surface area contributed by atoms with Crippen LogP contribution in [0.15, 0.2) is 12.3 Å². The number of carboxylic acids is 1. The molecule has 0 spiro atoms. The van der Waals surface area contributed by atoms with E-state index in [1.165, 1.54) is 0 Å². The molecule has 0 amide bonds. The van der Waals surface area contributed by atoms with Crippen LogP contribution in [-0.4, -0.2) is 48.2 Å². The van der Waals surface area contributed by atoms with Crippen LogP contribution in [0.1, 0.15) is 19.8 Å². The zero-order valence-electron chi connectivity index (χ0n) is 11.6. The van der Waals surface area contributed by atoms with Crippen molar-refractivity contribution in [2.45, 2.75) is 19.8 Å². The monoisotopic (exact) mass is 264 g/mol. The summed E-state index contributed by atoms with van der Waals surface area (Å²) in [7, 11) is 3.77. The van der Waals surface area contributed by atoms with Gasteiger partial charge in [-0.1, -0.05) is 0 Å². The topological polar surface area (TPSA) is 69.6 Å². The van der Waals surface area contributed by atoms with Gasteiger partial charge in [0.15, 0.2) is 0 Å². The molecule has 104 valence electrons. The van der Waals surface area contributed by atoms with Crippen molar-refractivity contribution >= 4 is 17.7 Å². The summed E-state index contributed by atoms with van der Waals surface area (Å²) in [6.07, 6.45) is 3.29. The van der Waals surface area contributed by atoms with Gasteiger partial charge in [-0.2, -0.15) is 4.98 Å². The third-order valence-electron chi connectivity index (χ3n) is 3.56. The SMILES string of the molecule is CN(C)c1nccc(N2CCCC(C)(C(=O)O)C2)n1. The van der Waals surface area contributed by atoms with Gasteiger partial charge < -0.3 is 14.9 Å². The maximum atomic E-state index is 11.4. The summed E-state index contributed by atoms with van der Waals surface area (Å²) >= 11 is 0. The summed E-state index contributed by atoms with van der Waals surface area (Å²) in [6.45, 7) is 3.13. The summed E-state index contributed by atoms with van der Waals surface area (Å²) in [5.41, 5.74) is -0.693. The van der Waals surface area contributed by atoms with Crippen molar-refractivity contribution in [1.82, 2.24) is 9.97 Å². The van der Waals surface area contributed by atoms with Crippen LogP contribution in [-0.2, 0) is 4.79 Å². The molecular formula is C13H20N4O2. The lowest BCUT2D eigenvalue weighted by Gasteiger charge is -2.38. The molecule has 1 fully saturated rings. The smallest absolute Gasteiger partial charge is 0.311 e. The van der Waals surface area contributed by atoms with Crippen molar-refractivity contribution in [3.8, 4) is 0 Å². The minimum Gasteiger partial charge on any atom is -0.481 e. The Morgan fingerprint density at radius 2 is 2.26 bits per heavy atom. The average Bonchev–Trinajstić information content (AvgIpc) is 2.39. The first kappa shape index (κ1) is 13.6.